The molecule has 0 aliphatic rings. The van der Waals surface area contributed by atoms with E-state index in [1.807, 2.05) is 4.57 Å². The standard InChI is InChI=1S/C13H16BrFN2S/c1-8(2)4-3-5-17-12-7-10(15)9(14)6-11(12)16-13(17)18/h6-8H,3-5H2,1-2H3,(H,16,18). The SMILES string of the molecule is CC(C)CCCn1c(=S)[nH]c2cc(Br)c(F)cc21. The Balaban J connectivity index is 2.35. The van der Waals surface area contributed by atoms with Gasteiger partial charge in [0.2, 0.25) is 0 Å². The summed E-state index contributed by atoms with van der Waals surface area (Å²) in [5, 5.41) is 0. The normalized spacial score (nSPS) is 11.6. The summed E-state index contributed by atoms with van der Waals surface area (Å²) in [6.45, 7) is 5.23. The van der Waals surface area contributed by atoms with E-state index in [2.05, 4.69) is 34.8 Å². The van der Waals surface area contributed by atoms with Crippen molar-refractivity contribution in [3.63, 3.8) is 0 Å². The molecule has 1 aromatic carbocycles. The van der Waals surface area contributed by atoms with E-state index in [1.165, 1.54) is 6.07 Å². The number of benzene rings is 1. The fourth-order valence-corrected chi connectivity index (χ4v) is 2.67. The minimum atomic E-state index is -0.255. The van der Waals surface area contributed by atoms with Crippen LogP contribution in [0.4, 0.5) is 4.39 Å². The van der Waals surface area contributed by atoms with Gasteiger partial charge in [0.05, 0.1) is 15.5 Å². The van der Waals surface area contributed by atoms with Crippen molar-refractivity contribution in [1.29, 1.82) is 0 Å². The lowest BCUT2D eigenvalue weighted by atomic mass is 10.1. The molecule has 0 spiro atoms. The zero-order chi connectivity index (χ0) is 13.3. The third kappa shape index (κ3) is 2.83. The van der Waals surface area contributed by atoms with Gasteiger partial charge in [-0.25, -0.2) is 4.39 Å². The molecule has 1 aromatic heterocycles. The van der Waals surface area contributed by atoms with Crippen molar-refractivity contribution in [1.82, 2.24) is 9.55 Å². The highest BCUT2D eigenvalue weighted by atomic mass is 79.9. The predicted octanol–water partition coefficient (Wildman–Crippen LogP) is 5.04. The van der Waals surface area contributed by atoms with Crippen LogP contribution in [-0.2, 0) is 6.54 Å². The summed E-state index contributed by atoms with van der Waals surface area (Å²) < 4.78 is 16.7. The number of hydrogen-bond donors (Lipinski definition) is 1. The van der Waals surface area contributed by atoms with Gasteiger partial charge in [-0.3, -0.25) is 0 Å². The number of rotatable bonds is 4. The van der Waals surface area contributed by atoms with Crippen LogP contribution in [0.15, 0.2) is 16.6 Å². The van der Waals surface area contributed by atoms with Gasteiger partial charge in [-0.1, -0.05) is 13.8 Å². The lowest BCUT2D eigenvalue weighted by Crippen LogP contribution is -2.00. The minimum absolute atomic E-state index is 0.255. The van der Waals surface area contributed by atoms with Gasteiger partial charge in [-0.05, 0) is 53.0 Å². The molecule has 1 heterocycles. The van der Waals surface area contributed by atoms with Crippen LogP contribution in [0.5, 0.6) is 0 Å². The van der Waals surface area contributed by atoms with Crippen molar-refractivity contribution in [2.45, 2.75) is 33.2 Å². The summed E-state index contributed by atoms with van der Waals surface area (Å²) in [7, 11) is 0. The highest BCUT2D eigenvalue weighted by Gasteiger charge is 2.08. The van der Waals surface area contributed by atoms with Crippen LogP contribution in [0.2, 0.25) is 0 Å². The fraction of sp³-hybridized carbons (Fsp3) is 0.462. The average molecular weight is 331 g/mol. The molecule has 0 atom stereocenters. The fourth-order valence-electron chi connectivity index (χ4n) is 2.03. The molecule has 18 heavy (non-hydrogen) atoms. The molecule has 2 nitrogen and oxygen atoms in total. The van der Waals surface area contributed by atoms with Crippen molar-refractivity contribution >= 4 is 39.2 Å². The van der Waals surface area contributed by atoms with Crippen molar-refractivity contribution in [3.05, 3.63) is 27.2 Å². The molecule has 0 aliphatic carbocycles. The van der Waals surface area contributed by atoms with Gasteiger partial charge in [0.1, 0.15) is 5.82 Å². The van der Waals surface area contributed by atoms with Gasteiger partial charge in [0, 0.05) is 12.6 Å². The molecule has 0 aliphatic heterocycles. The van der Waals surface area contributed by atoms with Crippen molar-refractivity contribution in [3.8, 4) is 0 Å². The molecule has 0 bridgehead atoms. The first-order chi connectivity index (χ1) is 8.49. The van der Waals surface area contributed by atoms with Crippen molar-refractivity contribution < 1.29 is 4.39 Å². The zero-order valence-corrected chi connectivity index (χ0v) is 12.9. The third-order valence-corrected chi connectivity index (χ3v) is 3.91. The topological polar surface area (TPSA) is 20.7 Å². The molecule has 2 rings (SSSR count). The Bertz CT molecular complexity index is 615. The Hall–Kier alpha value is -0.680. The number of imidazole rings is 1. The molecule has 98 valence electrons. The van der Waals surface area contributed by atoms with Gasteiger partial charge in [0.15, 0.2) is 4.77 Å². The second-order valence-electron chi connectivity index (χ2n) is 4.90. The van der Waals surface area contributed by atoms with Crippen LogP contribution in [0, 0.1) is 16.5 Å². The summed E-state index contributed by atoms with van der Waals surface area (Å²) in [5.74, 6) is 0.421. The van der Waals surface area contributed by atoms with Gasteiger partial charge in [0.25, 0.3) is 0 Å². The Morgan fingerprint density at radius 1 is 1.44 bits per heavy atom. The summed E-state index contributed by atoms with van der Waals surface area (Å²) in [4.78, 5) is 3.11. The minimum Gasteiger partial charge on any atom is -0.331 e. The Morgan fingerprint density at radius 3 is 2.83 bits per heavy atom. The first kappa shape index (κ1) is 13.7. The largest absolute Gasteiger partial charge is 0.331 e. The van der Waals surface area contributed by atoms with Gasteiger partial charge >= 0.3 is 0 Å². The quantitative estimate of drug-likeness (QED) is 0.779. The lowest BCUT2D eigenvalue weighted by Gasteiger charge is -2.07. The maximum Gasteiger partial charge on any atom is 0.178 e. The van der Waals surface area contributed by atoms with E-state index in [9.17, 15) is 4.39 Å². The molecule has 2 aromatic rings. The highest BCUT2D eigenvalue weighted by molar-refractivity contribution is 9.10. The Kier molecular flexibility index (Phi) is 4.22. The number of nitrogens with zero attached hydrogens (tertiary/aromatic N) is 1. The maximum atomic E-state index is 13.6. The zero-order valence-electron chi connectivity index (χ0n) is 10.5. The maximum absolute atomic E-state index is 13.6. The third-order valence-electron chi connectivity index (χ3n) is 2.98. The second-order valence-corrected chi connectivity index (χ2v) is 6.14. The van der Waals surface area contributed by atoms with Crippen LogP contribution >= 0.6 is 28.1 Å². The van der Waals surface area contributed by atoms with Crippen LogP contribution < -0.4 is 0 Å². The van der Waals surface area contributed by atoms with Gasteiger partial charge in [-0.15, -0.1) is 0 Å². The number of aryl methyl sites for hydroxylation is 1. The van der Waals surface area contributed by atoms with Crippen LogP contribution in [0.3, 0.4) is 0 Å². The number of halogens is 2. The molecule has 0 unspecified atom stereocenters. The molecule has 0 amide bonds. The van der Waals surface area contributed by atoms with E-state index >= 15 is 0 Å². The number of nitrogens with one attached hydrogen (secondary N) is 1. The smallest absolute Gasteiger partial charge is 0.178 e. The van der Waals surface area contributed by atoms with E-state index in [4.69, 9.17) is 12.2 Å². The van der Waals surface area contributed by atoms with Gasteiger partial charge < -0.3 is 9.55 Å². The molecule has 5 heteroatoms. The summed E-state index contributed by atoms with van der Waals surface area (Å²) in [5.41, 5.74) is 1.71. The number of H-pyrrole nitrogens is 1. The van der Waals surface area contributed by atoms with Crippen LogP contribution in [-0.4, -0.2) is 9.55 Å². The molecule has 0 saturated heterocycles. The van der Waals surface area contributed by atoms with Crippen molar-refractivity contribution in [2.75, 3.05) is 0 Å². The Morgan fingerprint density at radius 2 is 2.17 bits per heavy atom. The van der Waals surface area contributed by atoms with E-state index < -0.39 is 0 Å². The molecular weight excluding hydrogens is 315 g/mol. The molecule has 0 radical (unpaired) electrons. The summed E-state index contributed by atoms with van der Waals surface area (Å²) >= 11 is 8.47. The van der Waals surface area contributed by atoms with Crippen molar-refractivity contribution in [2.24, 2.45) is 5.92 Å². The highest BCUT2D eigenvalue weighted by Crippen LogP contribution is 2.23. The van der Waals surface area contributed by atoms with Crippen LogP contribution in [0.25, 0.3) is 11.0 Å². The summed E-state index contributed by atoms with van der Waals surface area (Å²) in [6.07, 6.45) is 2.20. The number of aromatic amines is 1. The first-order valence-electron chi connectivity index (χ1n) is 6.06. The van der Waals surface area contributed by atoms with E-state index in [0.717, 1.165) is 30.4 Å². The van der Waals surface area contributed by atoms with Gasteiger partial charge in [-0.2, -0.15) is 0 Å². The molecule has 1 N–H and O–H groups in total. The van der Waals surface area contributed by atoms with E-state index in [0.29, 0.717) is 15.2 Å². The molecule has 0 fully saturated rings. The Labute approximate surface area is 119 Å². The number of hydrogen-bond acceptors (Lipinski definition) is 1. The van der Waals surface area contributed by atoms with E-state index in [1.54, 1.807) is 6.07 Å². The summed E-state index contributed by atoms with van der Waals surface area (Å²) in [6, 6.07) is 3.26. The number of fused-ring (bicyclic) bond motifs is 1. The molecular formula is C13H16BrFN2S. The average Bonchev–Trinajstić information content (AvgIpc) is 2.56. The van der Waals surface area contributed by atoms with Crippen LogP contribution in [0.1, 0.15) is 26.7 Å². The molecule has 0 saturated carbocycles. The monoisotopic (exact) mass is 330 g/mol. The first-order valence-corrected chi connectivity index (χ1v) is 7.26. The predicted molar refractivity (Wildman–Crippen MR) is 78.9 cm³/mol. The second kappa shape index (κ2) is 5.53. The lowest BCUT2D eigenvalue weighted by molar-refractivity contribution is 0.514. The van der Waals surface area contributed by atoms with E-state index in [-0.39, 0.29) is 5.82 Å². The number of aromatic nitrogens is 2.